The zero-order chi connectivity index (χ0) is 21.3. The first-order valence-corrected chi connectivity index (χ1v) is 9.80. The van der Waals surface area contributed by atoms with E-state index in [1.807, 2.05) is 56.3 Å². The number of benzene rings is 3. The SMILES string of the molecule is Cc1ccc(COc2ccc(/C=N\NC(=O)COc3cc(C)ccc3C)cc2)cc1. The number of aryl methyl sites for hydroxylation is 3. The van der Waals surface area contributed by atoms with E-state index < -0.39 is 0 Å². The zero-order valence-electron chi connectivity index (χ0n) is 17.5. The Labute approximate surface area is 177 Å². The van der Waals surface area contributed by atoms with Gasteiger partial charge in [0.2, 0.25) is 0 Å². The quantitative estimate of drug-likeness (QED) is 0.438. The number of ether oxygens (including phenoxy) is 2. The summed E-state index contributed by atoms with van der Waals surface area (Å²) in [6.07, 6.45) is 1.58. The minimum atomic E-state index is -0.315. The van der Waals surface area contributed by atoms with Gasteiger partial charge < -0.3 is 9.47 Å². The smallest absolute Gasteiger partial charge is 0.277 e. The fourth-order valence-electron chi connectivity index (χ4n) is 2.72. The second kappa shape index (κ2) is 10.3. The van der Waals surface area contributed by atoms with E-state index in [1.54, 1.807) is 6.21 Å². The van der Waals surface area contributed by atoms with Gasteiger partial charge in [0, 0.05) is 0 Å². The summed E-state index contributed by atoms with van der Waals surface area (Å²) in [5.41, 5.74) is 7.75. The van der Waals surface area contributed by atoms with Gasteiger partial charge in [0.05, 0.1) is 6.21 Å². The van der Waals surface area contributed by atoms with Crippen LogP contribution in [-0.4, -0.2) is 18.7 Å². The Hall–Kier alpha value is -3.60. The monoisotopic (exact) mass is 402 g/mol. The molecule has 0 spiro atoms. The molecule has 0 aliphatic carbocycles. The second-order valence-corrected chi connectivity index (χ2v) is 7.19. The first-order chi connectivity index (χ1) is 14.5. The maximum atomic E-state index is 11.9. The van der Waals surface area contributed by atoms with Crippen molar-refractivity contribution in [3.05, 3.63) is 94.5 Å². The van der Waals surface area contributed by atoms with Crippen LogP contribution in [0, 0.1) is 20.8 Å². The second-order valence-electron chi connectivity index (χ2n) is 7.19. The number of hydrogen-bond donors (Lipinski definition) is 1. The third-order valence-electron chi connectivity index (χ3n) is 4.51. The van der Waals surface area contributed by atoms with Crippen molar-refractivity contribution in [2.45, 2.75) is 27.4 Å². The van der Waals surface area contributed by atoms with Crippen molar-refractivity contribution >= 4 is 12.1 Å². The first kappa shape index (κ1) is 21.1. The fourth-order valence-corrected chi connectivity index (χ4v) is 2.72. The maximum Gasteiger partial charge on any atom is 0.277 e. The molecule has 0 aliphatic heterocycles. The van der Waals surface area contributed by atoms with Gasteiger partial charge in [-0.05, 0) is 73.4 Å². The Balaban J connectivity index is 1.43. The third kappa shape index (κ3) is 6.48. The molecule has 3 aromatic rings. The molecule has 0 saturated carbocycles. The van der Waals surface area contributed by atoms with Crippen LogP contribution in [0.3, 0.4) is 0 Å². The van der Waals surface area contributed by atoms with Gasteiger partial charge in [0.15, 0.2) is 6.61 Å². The van der Waals surface area contributed by atoms with Crippen LogP contribution < -0.4 is 14.9 Å². The largest absolute Gasteiger partial charge is 0.489 e. The number of nitrogens with zero attached hydrogens (tertiary/aromatic N) is 1. The lowest BCUT2D eigenvalue weighted by Crippen LogP contribution is -2.24. The zero-order valence-corrected chi connectivity index (χ0v) is 17.5. The van der Waals surface area contributed by atoms with Gasteiger partial charge in [0.1, 0.15) is 18.1 Å². The average Bonchev–Trinajstić information content (AvgIpc) is 2.75. The Bertz CT molecular complexity index is 1010. The molecule has 0 atom stereocenters. The molecule has 5 heteroatoms. The molecule has 1 N–H and O–H groups in total. The molecule has 0 aliphatic rings. The lowest BCUT2D eigenvalue weighted by molar-refractivity contribution is -0.123. The van der Waals surface area contributed by atoms with E-state index in [1.165, 1.54) is 5.56 Å². The van der Waals surface area contributed by atoms with Gasteiger partial charge in [-0.15, -0.1) is 0 Å². The third-order valence-corrected chi connectivity index (χ3v) is 4.51. The van der Waals surface area contributed by atoms with Crippen LogP contribution in [0.1, 0.15) is 27.8 Å². The van der Waals surface area contributed by atoms with Gasteiger partial charge in [0.25, 0.3) is 5.91 Å². The molecule has 1 amide bonds. The molecule has 3 aromatic carbocycles. The van der Waals surface area contributed by atoms with Crippen molar-refractivity contribution in [2.24, 2.45) is 5.10 Å². The van der Waals surface area contributed by atoms with Gasteiger partial charge in [-0.25, -0.2) is 5.43 Å². The number of carbonyl (C=O) groups excluding carboxylic acids is 1. The van der Waals surface area contributed by atoms with E-state index in [9.17, 15) is 4.79 Å². The number of amides is 1. The summed E-state index contributed by atoms with van der Waals surface area (Å²) in [5, 5.41) is 3.98. The number of nitrogens with one attached hydrogen (secondary N) is 1. The van der Waals surface area contributed by atoms with E-state index in [-0.39, 0.29) is 12.5 Å². The normalized spacial score (nSPS) is 10.8. The highest BCUT2D eigenvalue weighted by molar-refractivity contribution is 5.83. The summed E-state index contributed by atoms with van der Waals surface area (Å²) in [6, 6.07) is 21.7. The summed E-state index contributed by atoms with van der Waals surface area (Å²) in [7, 11) is 0. The average molecular weight is 402 g/mol. The highest BCUT2D eigenvalue weighted by Gasteiger charge is 2.04. The van der Waals surface area contributed by atoms with Crippen molar-refractivity contribution < 1.29 is 14.3 Å². The molecule has 3 rings (SSSR count). The summed E-state index contributed by atoms with van der Waals surface area (Å²) in [4.78, 5) is 11.9. The maximum absolute atomic E-state index is 11.9. The standard InChI is InChI=1S/C25H26N2O3/c1-18-5-8-22(9-6-18)16-29-23-12-10-21(11-13-23)15-26-27-25(28)17-30-24-14-19(2)4-7-20(24)3/h4-15H,16-17H2,1-3H3,(H,27,28)/b26-15-. The van der Waals surface area contributed by atoms with Crippen LogP contribution in [0.25, 0.3) is 0 Å². The Kier molecular flexibility index (Phi) is 7.22. The van der Waals surface area contributed by atoms with E-state index in [4.69, 9.17) is 9.47 Å². The molecule has 0 bridgehead atoms. The number of carbonyl (C=O) groups is 1. The molecule has 0 saturated heterocycles. The predicted molar refractivity (Wildman–Crippen MR) is 119 cm³/mol. The molecule has 0 fully saturated rings. The molecule has 154 valence electrons. The molecule has 0 heterocycles. The molecule has 0 unspecified atom stereocenters. The number of hydrogen-bond acceptors (Lipinski definition) is 4. The Morgan fingerprint density at radius 2 is 1.60 bits per heavy atom. The summed E-state index contributed by atoms with van der Waals surface area (Å²) in [5.74, 6) is 1.17. The summed E-state index contributed by atoms with van der Waals surface area (Å²) in [6.45, 7) is 6.41. The van der Waals surface area contributed by atoms with E-state index in [2.05, 4.69) is 41.7 Å². The van der Waals surface area contributed by atoms with Crippen molar-refractivity contribution in [3.8, 4) is 11.5 Å². The van der Waals surface area contributed by atoms with Gasteiger partial charge >= 0.3 is 0 Å². The number of rotatable bonds is 8. The number of hydrazone groups is 1. The molecular formula is C25H26N2O3. The predicted octanol–water partition coefficient (Wildman–Crippen LogP) is 4.72. The fraction of sp³-hybridized carbons (Fsp3) is 0.200. The van der Waals surface area contributed by atoms with Crippen LogP contribution in [0.2, 0.25) is 0 Å². The van der Waals surface area contributed by atoms with Crippen molar-refractivity contribution in [3.63, 3.8) is 0 Å². The van der Waals surface area contributed by atoms with Gasteiger partial charge in [-0.2, -0.15) is 5.10 Å². The van der Waals surface area contributed by atoms with E-state index in [0.717, 1.165) is 28.0 Å². The van der Waals surface area contributed by atoms with Gasteiger partial charge in [-0.3, -0.25) is 4.79 Å². The highest BCUT2D eigenvalue weighted by Crippen LogP contribution is 2.18. The van der Waals surface area contributed by atoms with Crippen LogP contribution in [0.15, 0.2) is 71.8 Å². The first-order valence-electron chi connectivity index (χ1n) is 9.80. The van der Waals surface area contributed by atoms with Crippen LogP contribution in [-0.2, 0) is 11.4 Å². The van der Waals surface area contributed by atoms with Crippen LogP contribution in [0.5, 0.6) is 11.5 Å². The topological polar surface area (TPSA) is 59.9 Å². The van der Waals surface area contributed by atoms with E-state index in [0.29, 0.717) is 12.4 Å². The van der Waals surface area contributed by atoms with Crippen molar-refractivity contribution in [1.82, 2.24) is 5.43 Å². The molecule has 0 radical (unpaired) electrons. The van der Waals surface area contributed by atoms with Crippen molar-refractivity contribution in [1.29, 1.82) is 0 Å². The summed E-state index contributed by atoms with van der Waals surface area (Å²) >= 11 is 0. The molecule has 5 nitrogen and oxygen atoms in total. The Morgan fingerprint density at radius 3 is 2.33 bits per heavy atom. The highest BCUT2D eigenvalue weighted by atomic mass is 16.5. The lowest BCUT2D eigenvalue weighted by Gasteiger charge is -2.09. The minimum Gasteiger partial charge on any atom is -0.489 e. The van der Waals surface area contributed by atoms with Gasteiger partial charge in [-0.1, -0.05) is 42.0 Å². The van der Waals surface area contributed by atoms with Crippen LogP contribution >= 0.6 is 0 Å². The lowest BCUT2D eigenvalue weighted by atomic mass is 10.1. The molecule has 0 aromatic heterocycles. The minimum absolute atomic E-state index is 0.0899. The van der Waals surface area contributed by atoms with Crippen molar-refractivity contribution in [2.75, 3.05) is 6.61 Å². The Morgan fingerprint density at radius 1 is 0.900 bits per heavy atom. The molecule has 30 heavy (non-hydrogen) atoms. The molecular weight excluding hydrogens is 376 g/mol. The van der Waals surface area contributed by atoms with Crippen LogP contribution in [0.4, 0.5) is 0 Å². The van der Waals surface area contributed by atoms with E-state index >= 15 is 0 Å². The summed E-state index contributed by atoms with van der Waals surface area (Å²) < 4.78 is 11.4.